The molecule has 7 heteroatoms. The number of anilines is 3. The molecule has 25 heavy (non-hydrogen) atoms. The van der Waals surface area contributed by atoms with Crippen molar-refractivity contribution in [3.63, 3.8) is 0 Å². The van der Waals surface area contributed by atoms with E-state index >= 15 is 0 Å². The smallest absolute Gasteiger partial charge is 0.258 e. The van der Waals surface area contributed by atoms with E-state index in [0.29, 0.717) is 22.2 Å². The van der Waals surface area contributed by atoms with Crippen LogP contribution >= 0.6 is 11.6 Å². The van der Waals surface area contributed by atoms with E-state index in [4.69, 9.17) is 16.3 Å². The quantitative estimate of drug-likeness (QED) is 0.720. The maximum Gasteiger partial charge on any atom is 0.258 e. The lowest BCUT2D eigenvalue weighted by Crippen LogP contribution is -2.13. The Morgan fingerprint density at radius 3 is 2.60 bits per heavy atom. The summed E-state index contributed by atoms with van der Waals surface area (Å²) < 4.78 is 5.12. The summed E-state index contributed by atoms with van der Waals surface area (Å²) in [5.41, 5.74) is 2.04. The van der Waals surface area contributed by atoms with E-state index in [1.165, 1.54) is 6.20 Å². The summed E-state index contributed by atoms with van der Waals surface area (Å²) in [6, 6.07) is 12.3. The van der Waals surface area contributed by atoms with Crippen LogP contribution in [0, 0.1) is 0 Å². The largest absolute Gasteiger partial charge is 0.495 e. The number of rotatable bonds is 5. The third-order valence-corrected chi connectivity index (χ3v) is 3.66. The summed E-state index contributed by atoms with van der Waals surface area (Å²) in [5.74, 6) is 0.800. The van der Waals surface area contributed by atoms with E-state index in [0.717, 1.165) is 11.4 Å². The first-order valence-corrected chi connectivity index (χ1v) is 7.81. The lowest BCUT2D eigenvalue weighted by atomic mass is 10.2. The van der Waals surface area contributed by atoms with Crippen molar-refractivity contribution in [1.82, 2.24) is 9.97 Å². The third-order valence-electron chi connectivity index (χ3n) is 3.37. The number of nitrogens with zero attached hydrogens (tertiary/aromatic N) is 2. The normalized spacial score (nSPS) is 10.2. The number of hydrogen-bond donors (Lipinski definition) is 2. The zero-order valence-corrected chi connectivity index (χ0v) is 14.1. The molecule has 2 N–H and O–H groups in total. The van der Waals surface area contributed by atoms with Crippen LogP contribution < -0.4 is 15.4 Å². The van der Waals surface area contributed by atoms with Crippen molar-refractivity contribution in [2.45, 2.75) is 0 Å². The molecule has 0 bridgehead atoms. The van der Waals surface area contributed by atoms with Crippen LogP contribution in [0.2, 0.25) is 5.02 Å². The molecular formula is C18H15ClN4O2. The van der Waals surface area contributed by atoms with E-state index in [9.17, 15) is 4.79 Å². The Hall–Kier alpha value is -3.12. The second-order valence-corrected chi connectivity index (χ2v) is 5.51. The molecule has 3 aromatic rings. The highest BCUT2D eigenvalue weighted by molar-refractivity contribution is 6.32. The average molecular weight is 355 g/mol. The molecule has 6 nitrogen and oxygen atoms in total. The molecule has 0 fully saturated rings. The Morgan fingerprint density at radius 1 is 1.12 bits per heavy atom. The minimum absolute atomic E-state index is 0.261. The van der Waals surface area contributed by atoms with Crippen LogP contribution in [-0.4, -0.2) is 23.0 Å². The summed E-state index contributed by atoms with van der Waals surface area (Å²) in [5, 5.41) is 6.42. The predicted octanol–water partition coefficient (Wildman–Crippen LogP) is 4.13. The number of halogens is 1. The average Bonchev–Trinajstić information content (AvgIpc) is 2.64. The number of amides is 1. The Kier molecular flexibility index (Phi) is 5.11. The molecule has 0 atom stereocenters. The molecule has 1 aromatic carbocycles. The molecule has 0 spiro atoms. The molecule has 2 aromatic heterocycles. The van der Waals surface area contributed by atoms with Gasteiger partial charge in [0.25, 0.3) is 5.91 Å². The van der Waals surface area contributed by atoms with Crippen molar-refractivity contribution >= 4 is 34.7 Å². The van der Waals surface area contributed by atoms with Crippen LogP contribution in [0.1, 0.15) is 10.4 Å². The Bertz CT molecular complexity index is 870. The first-order chi connectivity index (χ1) is 12.2. The SMILES string of the molecule is COc1ccc(Nc2ccc(NC(=O)c3cccnc3)nc2)cc1Cl. The molecule has 0 saturated heterocycles. The summed E-state index contributed by atoms with van der Waals surface area (Å²) in [6.45, 7) is 0. The number of nitrogens with one attached hydrogen (secondary N) is 2. The molecule has 0 aliphatic carbocycles. The number of pyridine rings is 2. The maximum absolute atomic E-state index is 12.1. The van der Waals surface area contributed by atoms with Crippen molar-refractivity contribution in [2.24, 2.45) is 0 Å². The number of carbonyl (C=O) groups excluding carboxylic acids is 1. The van der Waals surface area contributed by atoms with Gasteiger partial charge in [0, 0.05) is 18.1 Å². The number of hydrogen-bond acceptors (Lipinski definition) is 5. The van der Waals surface area contributed by atoms with E-state index in [1.54, 1.807) is 49.8 Å². The highest BCUT2D eigenvalue weighted by atomic mass is 35.5. The lowest BCUT2D eigenvalue weighted by Gasteiger charge is -2.10. The first kappa shape index (κ1) is 16.7. The zero-order chi connectivity index (χ0) is 17.6. The van der Waals surface area contributed by atoms with Crippen LogP contribution in [0.5, 0.6) is 5.75 Å². The molecule has 2 heterocycles. The molecular weight excluding hydrogens is 340 g/mol. The van der Waals surface area contributed by atoms with Gasteiger partial charge in [-0.1, -0.05) is 11.6 Å². The van der Waals surface area contributed by atoms with Gasteiger partial charge in [-0.25, -0.2) is 4.98 Å². The van der Waals surface area contributed by atoms with Gasteiger partial charge in [-0.3, -0.25) is 9.78 Å². The Balaban J connectivity index is 1.66. The summed E-state index contributed by atoms with van der Waals surface area (Å²) >= 11 is 6.10. The fraction of sp³-hybridized carbons (Fsp3) is 0.0556. The number of benzene rings is 1. The number of methoxy groups -OCH3 is 1. The van der Waals surface area contributed by atoms with Crippen LogP contribution in [0.3, 0.4) is 0 Å². The van der Waals surface area contributed by atoms with Crippen LogP contribution in [0.4, 0.5) is 17.2 Å². The fourth-order valence-corrected chi connectivity index (χ4v) is 2.40. The van der Waals surface area contributed by atoms with Gasteiger partial charge in [-0.15, -0.1) is 0 Å². The topological polar surface area (TPSA) is 76.1 Å². The Morgan fingerprint density at radius 2 is 1.96 bits per heavy atom. The van der Waals surface area contributed by atoms with Crippen LogP contribution in [0.25, 0.3) is 0 Å². The molecule has 126 valence electrons. The van der Waals surface area contributed by atoms with Gasteiger partial charge in [0.05, 0.1) is 29.6 Å². The van der Waals surface area contributed by atoms with E-state index in [-0.39, 0.29) is 5.91 Å². The highest BCUT2D eigenvalue weighted by Gasteiger charge is 2.07. The standard InChI is InChI=1S/C18H15ClN4O2/c1-25-16-6-4-13(9-15(16)19)22-14-5-7-17(21-11-14)23-18(24)12-3-2-8-20-10-12/h2-11,22H,1H3,(H,21,23,24). The molecule has 0 radical (unpaired) electrons. The second-order valence-electron chi connectivity index (χ2n) is 5.10. The molecule has 1 amide bonds. The van der Waals surface area contributed by atoms with E-state index in [1.807, 2.05) is 12.1 Å². The first-order valence-electron chi connectivity index (χ1n) is 7.44. The van der Waals surface area contributed by atoms with Crippen molar-refractivity contribution in [2.75, 3.05) is 17.7 Å². The maximum atomic E-state index is 12.1. The minimum atomic E-state index is -0.261. The van der Waals surface area contributed by atoms with Gasteiger partial charge in [-0.2, -0.15) is 0 Å². The minimum Gasteiger partial charge on any atom is -0.495 e. The van der Waals surface area contributed by atoms with E-state index in [2.05, 4.69) is 20.6 Å². The molecule has 0 aliphatic heterocycles. The Labute approximate surface area is 149 Å². The third kappa shape index (κ3) is 4.24. The van der Waals surface area contributed by atoms with Gasteiger partial charge in [0.2, 0.25) is 0 Å². The highest BCUT2D eigenvalue weighted by Crippen LogP contribution is 2.28. The lowest BCUT2D eigenvalue weighted by molar-refractivity contribution is 0.102. The molecule has 0 saturated carbocycles. The number of aromatic nitrogens is 2. The second kappa shape index (κ2) is 7.63. The van der Waals surface area contributed by atoms with Crippen molar-refractivity contribution in [1.29, 1.82) is 0 Å². The van der Waals surface area contributed by atoms with Crippen molar-refractivity contribution in [3.05, 3.63) is 71.6 Å². The predicted molar refractivity (Wildman–Crippen MR) is 97.7 cm³/mol. The van der Waals surface area contributed by atoms with Gasteiger partial charge >= 0.3 is 0 Å². The molecule has 0 aliphatic rings. The van der Waals surface area contributed by atoms with Crippen molar-refractivity contribution in [3.8, 4) is 5.75 Å². The number of ether oxygens (including phenoxy) is 1. The van der Waals surface area contributed by atoms with Gasteiger partial charge < -0.3 is 15.4 Å². The van der Waals surface area contributed by atoms with Crippen LogP contribution in [-0.2, 0) is 0 Å². The summed E-state index contributed by atoms with van der Waals surface area (Å²) in [6.07, 6.45) is 4.73. The fourth-order valence-electron chi connectivity index (χ4n) is 2.14. The van der Waals surface area contributed by atoms with E-state index < -0.39 is 0 Å². The summed E-state index contributed by atoms with van der Waals surface area (Å²) in [4.78, 5) is 20.2. The number of carbonyl (C=O) groups is 1. The zero-order valence-electron chi connectivity index (χ0n) is 13.4. The molecule has 0 unspecified atom stereocenters. The molecule has 3 rings (SSSR count). The van der Waals surface area contributed by atoms with Crippen molar-refractivity contribution < 1.29 is 9.53 Å². The van der Waals surface area contributed by atoms with Gasteiger partial charge in [0.1, 0.15) is 11.6 Å². The summed E-state index contributed by atoms with van der Waals surface area (Å²) in [7, 11) is 1.57. The van der Waals surface area contributed by atoms with Crippen LogP contribution in [0.15, 0.2) is 61.1 Å². The monoisotopic (exact) mass is 354 g/mol. The van der Waals surface area contributed by atoms with Gasteiger partial charge in [-0.05, 0) is 42.5 Å². The van der Waals surface area contributed by atoms with Gasteiger partial charge in [0.15, 0.2) is 0 Å².